The number of nitrogens with zero attached hydrogens (tertiary/aromatic N) is 3. The van der Waals surface area contributed by atoms with Crippen LogP contribution >= 0.6 is 11.8 Å². The second-order valence-corrected chi connectivity index (χ2v) is 2.45. The summed E-state index contributed by atoms with van der Waals surface area (Å²) in [5.74, 6) is -5.92. The first kappa shape index (κ1) is 12.1. The zero-order valence-corrected chi connectivity index (χ0v) is 6.96. The molecule has 3 nitrogen and oxygen atoms in total. The predicted octanol–water partition coefficient (Wildman–Crippen LogP) is 2.04. The molecule has 0 aliphatic heterocycles. The van der Waals surface area contributed by atoms with E-state index in [9.17, 15) is 17.6 Å². The minimum Gasteiger partial charge on any atom is -0.198 e. The van der Waals surface area contributed by atoms with Gasteiger partial charge in [-0.2, -0.15) is 17.6 Å². The Bertz CT molecular complexity index is 166. The standard InChI is InChI=1S/C3H3N3.C2H2F4S/c1-2-4-6-5-3-1;3-1(4)7-2(5)6/h1-3H;1-2H. The van der Waals surface area contributed by atoms with Crippen LogP contribution in [-0.4, -0.2) is 26.9 Å². The summed E-state index contributed by atoms with van der Waals surface area (Å²) in [6.45, 7) is 0. The maximum Gasteiger partial charge on any atom is 0.289 e. The van der Waals surface area contributed by atoms with E-state index in [1.54, 1.807) is 18.5 Å². The molecule has 0 aliphatic carbocycles. The van der Waals surface area contributed by atoms with Crippen LogP contribution in [-0.2, 0) is 0 Å². The molecule has 0 spiro atoms. The van der Waals surface area contributed by atoms with Crippen molar-refractivity contribution in [3.63, 3.8) is 0 Å². The molecular formula is C5H5F4N3S. The Morgan fingerprint density at radius 3 is 1.46 bits per heavy atom. The lowest BCUT2D eigenvalue weighted by molar-refractivity contribution is 0.218. The van der Waals surface area contributed by atoms with E-state index < -0.39 is 23.3 Å². The molecule has 74 valence electrons. The SMILES string of the molecule is FC(F)SC(F)F.c1cnnnc1. The topological polar surface area (TPSA) is 38.7 Å². The van der Waals surface area contributed by atoms with Crippen LogP contribution in [0.2, 0.25) is 0 Å². The second kappa shape index (κ2) is 7.71. The average molecular weight is 215 g/mol. The van der Waals surface area contributed by atoms with E-state index in [1.807, 2.05) is 0 Å². The lowest BCUT2D eigenvalue weighted by Gasteiger charge is -1.92. The Hall–Kier alpha value is -0.920. The van der Waals surface area contributed by atoms with Gasteiger partial charge in [0.1, 0.15) is 0 Å². The fourth-order valence-electron chi connectivity index (χ4n) is 0.283. The van der Waals surface area contributed by atoms with E-state index in [-0.39, 0.29) is 0 Å². The van der Waals surface area contributed by atoms with E-state index >= 15 is 0 Å². The maximum absolute atomic E-state index is 10.8. The molecule has 1 aromatic rings. The van der Waals surface area contributed by atoms with Gasteiger partial charge in [0.2, 0.25) is 0 Å². The highest BCUT2D eigenvalue weighted by Gasteiger charge is 2.10. The van der Waals surface area contributed by atoms with Crippen molar-refractivity contribution in [3.8, 4) is 0 Å². The second-order valence-electron chi connectivity index (χ2n) is 1.47. The predicted molar refractivity (Wildman–Crippen MR) is 39.4 cm³/mol. The van der Waals surface area contributed by atoms with Crippen molar-refractivity contribution in [2.75, 3.05) is 0 Å². The van der Waals surface area contributed by atoms with Crippen LogP contribution in [0.3, 0.4) is 0 Å². The van der Waals surface area contributed by atoms with Gasteiger partial charge in [-0.1, -0.05) is 0 Å². The van der Waals surface area contributed by atoms with E-state index in [0.29, 0.717) is 0 Å². The van der Waals surface area contributed by atoms with Crippen LogP contribution in [0.1, 0.15) is 0 Å². The smallest absolute Gasteiger partial charge is 0.198 e. The van der Waals surface area contributed by atoms with Gasteiger partial charge in [-0.3, -0.25) is 0 Å². The summed E-state index contributed by atoms with van der Waals surface area (Å²) < 4.78 is 43.1. The first-order valence-electron chi connectivity index (χ1n) is 2.93. The molecule has 0 aliphatic rings. The lowest BCUT2D eigenvalue weighted by atomic mass is 10.7. The van der Waals surface area contributed by atoms with Gasteiger partial charge in [-0.15, -0.1) is 10.2 Å². The Morgan fingerprint density at radius 1 is 0.923 bits per heavy atom. The molecule has 0 fully saturated rings. The van der Waals surface area contributed by atoms with Crippen molar-refractivity contribution >= 4 is 11.8 Å². The summed E-state index contributed by atoms with van der Waals surface area (Å²) in [5.41, 5.74) is 0. The first-order chi connectivity index (χ1) is 6.13. The summed E-state index contributed by atoms with van der Waals surface area (Å²) in [7, 11) is 0. The number of alkyl halides is 4. The number of aromatic nitrogens is 3. The zero-order chi connectivity index (χ0) is 10.1. The van der Waals surface area contributed by atoms with Crippen LogP contribution in [0.4, 0.5) is 17.6 Å². The molecule has 0 saturated carbocycles. The van der Waals surface area contributed by atoms with Crippen molar-refractivity contribution < 1.29 is 17.6 Å². The number of hydrogen-bond acceptors (Lipinski definition) is 4. The van der Waals surface area contributed by atoms with Gasteiger partial charge in [0, 0.05) is 0 Å². The van der Waals surface area contributed by atoms with Gasteiger partial charge in [0.25, 0.3) is 11.5 Å². The summed E-state index contributed by atoms with van der Waals surface area (Å²) >= 11 is -0.657. The Labute approximate surface area is 75.5 Å². The minimum absolute atomic E-state index is 0.657. The van der Waals surface area contributed by atoms with Crippen molar-refractivity contribution in [2.45, 2.75) is 11.5 Å². The molecular weight excluding hydrogens is 210 g/mol. The number of hydrogen-bond donors (Lipinski definition) is 0. The largest absolute Gasteiger partial charge is 0.289 e. The highest BCUT2D eigenvalue weighted by Crippen LogP contribution is 2.21. The quantitative estimate of drug-likeness (QED) is 0.707. The van der Waals surface area contributed by atoms with Crippen LogP contribution in [0.25, 0.3) is 0 Å². The third kappa shape index (κ3) is 11.1. The van der Waals surface area contributed by atoms with Crippen molar-refractivity contribution in [3.05, 3.63) is 18.5 Å². The third-order valence-corrected chi connectivity index (χ3v) is 1.03. The fraction of sp³-hybridized carbons (Fsp3) is 0.400. The van der Waals surface area contributed by atoms with Crippen LogP contribution < -0.4 is 0 Å². The van der Waals surface area contributed by atoms with E-state index in [0.717, 1.165) is 0 Å². The van der Waals surface area contributed by atoms with E-state index in [2.05, 4.69) is 15.4 Å². The zero-order valence-electron chi connectivity index (χ0n) is 6.15. The number of thioether (sulfide) groups is 1. The molecule has 0 unspecified atom stereocenters. The highest BCUT2D eigenvalue weighted by atomic mass is 32.2. The molecule has 8 heteroatoms. The Balaban J connectivity index is 0.000000223. The highest BCUT2D eigenvalue weighted by molar-refractivity contribution is 7.99. The molecule has 13 heavy (non-hydrogen) atoms. The Kier molecular flexibility index (Phi) is 7.17. The molecule has 0 saturated heterocycles. The van der Waals surface area contributed by atoms with Gasteiger partial charge >= 0.3 is 0 Å². The fourth-order valence-corrected chi connectivity index (χ4v) is 0.438. The molecule has 1 heterocycles. The third-order valence-electron chi connectivity index (χ3n) is 0.614. The summed E-state index contributed by atoms with van der Waals surface area (Å²) in [6, 6.07) is 1.72. The molecule has 0 radical (unpaired) electrons. The van der Waals surface area contributed by atoms with Gasteiger partial charge in [0.15, 0.2) is 0 Å². The van der Waals surface area contributed by atoms with Crippen LogP contribution in [0.15, 0.2) is 18.5 Å². The maximum atomic E-state index is 10.8. The molecule has 0 amide bonds. The monoisotopic (exact) mass is 215 g/mol. The van der Waals surface area contributed by atoms with E-state index in [4.69, 9.17) is 0 Å². The van der Waals surface area contributed by atoms with Crippen LogP contribution in [0.5, 0.6) is 0 Å². The molecule has 0 N–H and O–H groups in total. The summed E-state index contributed by atoms with van der Waals surface area (Å²) in [4.78, 5) is 0. The van der Waals surface area contributed by atoms with Gasteiger partial charge in [-0.25, -0.2) is 0 Å². The summed E-state index contributed by atoms with van der Waals surface area (Å²) in [6.07, 6.45) is 3.15. The molecule has 0 aromatic carbocycles. The van der Waals surface area contributed by atoms with Gasteiger partial charge < -0.3 is 0 Å². The average Bonchev–Trinajstić information content (AvgIpc) is 2.06. The molecule has 1 rings (SSSR count). The van der Waals surface area contributed by atoms with Crippen molar-refractivity contribution in [1.29, 1.82) is 0 Å². The minimum atomic E-state index is -2.96. The van der Waals surface area contributed by atoms with Crippen LogP contribution in [0, 0.1) is 0 Å². The van der Waals surface area contributed by atoms with Gasteiger partial charge in [-0.05, 0) is 23.0 Å². The molecule has 1 aromatic heterocycles. The lowest BCUT2D eigenvalue weighted by Crippen LogP contribution is -1.87. The number of halogens is 4. The van der Waals surface area contributed by atoms with Gasteiger partial charge in [0.05, 0.1) is 12.4 Å². The molecule has 0 bridgehead atoms. The Morgan fingerprint density at radius 2 is 1.38 bits per heavy atom. The van der Waals surface area contributed by atoms with E-state index in [1.165, 1.54) is 0 Å². The summed E-state index contributed by atoms with van der Waals surface area (Å²) in [5, 5.41) is 10.1. The molecule has 0 atom stereocenters. The van der Waals surface area contributed by atoms with Crippen molar-refractivity contribution in [2.24, 2.45) is 0 Å². The first-order valence-corrected chi connectivity index (χ1v) is 3.87. The van der Waals surface area contributed by atoms with Crippen molar-refractivity contribution in [1.82, 2.24) is 15.4 Å². The normalized spacial score (nSPS) is 9.69. The number of rotatable bonds is 2.